The van der Waals surface area contributed by atoms with E-state index in [-0.39, 0.29) is 29.7 Å². The lowest BCUT2D eigenvalue weighted by Gasteiger charge is -2.28. The minimum atomic E-state index is 0.0174. The average molecular weight is 383 g/mol. The van der Waals surface area contributed by atoms with E-state index >= 15 is 0 Å². The second-order valence-electron chi connectivity index (χ2n) is 8.34. The first kappa shape index (κ1) is 20.6. The molecule has 0 saturated heterocycles. The van der Waals surface area contributed by atoms with Crippen molar-refractivity contribution in [2.75, 3.05) is 6.54 Å². The van der Waals surface area contributed by atoms with E-state index in [1.165, 1.54) is 31.3 Å². The predicted octanol–water partition coefficient (Wildman–Crippen LogP) is 4.68. The lowest BCUT2D eigenvalue weighted by Crippen LogP contribution is -2.38. The molecule has 0 spiro atoms. The van der Waals surface area contributed by atoms with Gasteiger partial charge in [-0.2, -0.15) is 0 Å². The summed E-state index contributed by atoms with van der Waals surface area (Å²) in [5, 5.41) is 6.25. The number of allylic oxidation sites excluding steroid dienone is 1. The summed E-state index contributed by atoms with van der Waals surface area (Å²) in [5.41, 5.74) is 2.62. The second-order valence-corrected chi connectivity index (χ2v) is 8.34. The number of amides is 2. The van der Waals surface area contributed by atoms with E-state index in [1.807, 2.05) is 37.3 Å². The molecule has 1 aromatic carbocycles. The fourth-order valence-electron chi connectivity index (χ4n) is 4.40. The molecule has 4 nitrogen and oxygen atoms in total. The van der Waals surface area contributed by atoms with Crippen molar-refractivity contribution < 1.29 is 9.59 Å². The predicted molar refractivity (Wildman–Crippen MR) is 113 cm³/mol. The maximum Gasteiger partial charge on any atom is 0.223 e. The minimum absolute atomic E-state index is 0.0174. The Balaban J connectivity index is 1.36. The van der Waals surface area contributed by atoms with Crippen molar-refractivity contribution >= 4 is 11.8 Å². The first-order valence-electron chi connectivity index (χ1n) is 10.9. The molecule has 28 heavy (non-hydrogen) atoms. The van der Waals surface area contributed by atoms with Gasteiger partial charge in [0.05, 0.1) is 6.04 Å². The Labute approximate surface area is 169 Å². The Hall–Kier alpha value is -2.10. The molecule has 0 bridgehead atoms. The maximum absolute atomic E-state index is 12.6. The summed E-state index contributed by atoms with van der Waals surface area (Å²) in [5.74, 6) is 0.394. The maximum atomic E-state index is 12.6. The summed E-state index contributed by atoms with van der Waals surface area (Å²) in [6.45, 7) is 2.77. The molecule has 0 aromatic heterocycles. The molecule has 152 valence electrons. The van der Waals surface area contributed by atoms with Crippen molar-refractivity contribution in [3.05, 3.63) is 47.5 Å². The lowest BCUT2D eigenvalue weighted by molar-refractivity contribution is -0.130. The van der Waals surface area contributed by atoms with E-state index in [4.69, 9.17) is 0 Å². The molecule has 1 fully saturated rings. The van der Waals surface area contributed by atoms with Gasteiger partial charge in [0.2, 0.25) is 11.8 Å². The average Bonchev–Trinajstić information content (AvgIpc) is 2.75. The smallest absolute Gasteiger partial charge is 0.223 e. The molecule has 1 atom stereocenters. The van der Waals surface area contributed by atoms with Crippen molar-refractivity contribution in [2.24, 2.45) is 11.8 Å². The number of carbonyl (C=O) groups is 2. The summed E-state index contributed by atoms with van der Waals surface area (Å²) < 4.78 is 0. The third-order valence-electron chi connectivity index (χ3n) is 6.26. The Morgan fingerprint density at radius 2 is 1.68 bits per heavy atom. The van der Waals surface area contributed by atoms with Gasteiger partial charge in [-0.15, -0.1) is 0 Å². The van der Waals surface area contributed by atoms with Crippen LogP contribution in [0, 0.1) is 11.8 Å². The molecule has 3 rings (SSSR count). The molecule has 1 aromatic rings. The Kier molecular flexibility index (Phi) is 7.70. The fraction of sp³-hybridized carbons (Fsp3) is 0.583. The van der Waals surface area contributed by atoms with Crippen LogP contribution in [0.15, 0.2) is 42.0 Å². The standard InChI is InChI=1S/C24H34N2O2/c1-18(20-10-6-3-7-11-20)26-24(28)22-14-12-21(13-15-22)23(27)25-17-16-19-8-4-2-5-9-19/h3,6-8,10-11,18,21-22H,2,4-5,9,12-17H2,1H3,(H,25,27)(H,26,28). The summed E-state index contributed by atoms with van der Waals surface area (Å²) in [7, 11) is 0. The van der Waals surface area contributed by atoms with Gasteiger partial charge >= 0.3 is 0 Å². The van der Waals surface area contributed by atoms with E-state index < -0.39 is 0 Å². The largest absolute Gasteiger partial charge is 0.356 e. The van der Waals surface area contributed by atoms with Crippen LogP contribution in [0.4, 0.5) is 0 Å². The van der Waals surface area contributed by atoms with Crippen molar-refractivity contribution in [3.63, 3.8) is 0 Å². The highest BCUT2D eigenvalue weighted by Crippen LogP contribution is 2.30. The third-order valence-corrected chi connectivity index (χ3v) is 6.26. The molecule has 0 aliphatic heterocycles. The van der Waals surface area contributed by atoms with Gasteiger partial charge in [0.15, 0.2) is 0 Å². The zero-order chi connectivity index (χ0) is 19.8. The monoisotopic (exact) mass is 382 g/mol. The van der Waals surface area contributed by atoms with E-state index in [1.54, 1.807) is 0 Å². The van der Waals surface area contributed by atoms with Crippen LogP contribution >= 0.6 is 0 Å². The Morgan fingerprint density at radius 3 is 2.32 bits per heavy atom. The zero-order valence-corrected chi connectivity index (χ0v) is 17.1. The van der Waals surface area contributed by atoms with Gasteiger partial charge in [-0.25, -0.2) is 0 Å². The number of nitrogens with one attached hydrogen (secondary N) is 2. The van der Waals surface area contributed by atoms with Gasteiger partial charge in [0.25, 0.3) is 0 Å². The molecule has 2 aliphatic rings. The molecule has 1 unspecified atom stereocenters. The van der Waals surface area contributed by atoms with Crippen LogP contribution in [-0.4, -0.2) is 18.4 Å². The molecule has 4 heteroatoms. The highest BCUT2D eigenvalue weighted by Gasteiger charge is 2.30. The third kappa shape index (κ3) is 5.95. The van der Waals surface area contributed by atoms with E-state index in [2.05, 4.69) is 16.7 Å². The van der Waals surface area contributed by atoms with Gasteiger partial charge in [-0.3, -0.25) is 9.59 Å². The Bertz CT molecular complexity index is 675. The molecule has 2 amide bonds. The van der Waals surface area contributed by atoms with Crippen LogP contribution in [0.1, 0.15) is 76.3 Å². The van der Waals surface area contributed by atoms with Gasteiger partial charge in [0, 0.05) is 18.4 Å². The SMILES string of the molecule is CC(NC(=O)C1CCC(C(=O)NCCC2=CCCCC2)CC1)c1ccccc1. The quantitative estimate of drug-likeness (QED) is 0.673. The van der Waals surface area contributed by atoms with Gasteiger partial charge < -0.3 is 10.6 Å². The molecule has 0 heterocycles. The van der Waals surface area contributed by atoms with Crippen molar-refractivity contribution in [3.8, 4) is 0 Å². The molecule has 0 radical (unpaired) electrons. The molecular weight excluding hydrogens is 348 g/mol. The number of benzene rings is 1. The summed E-state index contributed by atoms with van der Waals surface area (Å²) in [4.78, 5) is 25.0. The molecule has 2 N–H and O–H groups in total. The first-order chi connectivity index (χ1) is 13.6. The number of hydrogen-bond acceptors (Lipinski definition) is 2. The summed E-state index contributed by atoms with van der Waals surface area (Å²) >= 11 is 0. The van der Waals surface area contributed by atoms with Crippen molar-refractivity contribution in [1.82, 2.24) is 10.6 Å². The van der Waals surface area contributed by atoms with Crippen LogP contribution in [-0.2, 0) is 9.59 Å². The highest BCUT2D eigenvalue weighted by molar-refractivity contribution is 5.81. The normalized spacial score (nSPS) is 23.4. The number of hydrogen-bond donors (Lipinski definition) is 2. The number of rotatable bonds is 7. The minimum Gasteiger partial charge on any atom is -0.356 e. The second kappa shape index (κ2) is 10.4. The van der Waals surface area contributed by atoms with Crippen LogP contribution in [0.25, 0.3) is 0 Å². The van der Waals surface area contributed by atoms with E-state index in [0.717, 1.165) is 44.2 Å². The van der Waals surface area contributed by atoms with Gasteiger partial charge in [-0.05, 0) is 70.3 Å². The summed E-state index contributed by atoms with van der Waals surface area (Å²) in [6, 6.07) is 10.1. The summed E-state index contributed by atoms with van der Waals surface area (Å²) in [6.07, 6.45) is 11.5. The first-order valence-corrected chi connectivity index (χ1v) is 10.9. The van der Waals surface area contributed by atoms with Crippen LogP contribution < -0.4 is 10.6 Å². The van der Waals surface area contributed by atoms with E-state index in [0.29, 0.717) is 0 Å². The fourth-order valence-corrected chi connectivity index (χ4v) is 4.40. The van der Waals surface area contributed by atoms with Gasteiger partial charge in [-0.1, -0.05) is 42.0 Å². The topological polar surface area (TPSA) is 58.2 Å². The lowest BCUT2D eigenvalue weighted by atomic mass is 9.81. The van der Waals surface area contributed by atoms with Crippen LogP contribution in [0.3, 0.4) is 0 Å². The highest BCUT2D eigenvalue weighted by atomic mass is 16.2. The number of carbonyl (C=O) groups excluding carboxylic acids is 2. The van der Waals surface area contributed by atoms with Crippen LogP contribution in [0.2, 0.25) is 0 Å². The van der Waals surface area contributed by atoms with E-state index in [9.17, 15) is 9.59 Å². The van der Waals surface area contributed by atoms with Crippen molar-refractivity contribution in [2.45, 2.75) is 70.8 Å². The molecule has 1 saturated carbocycles. The zero-order valence-electron chi connectivity index (χ0n) is 17.1. The van der Waals surface area contributed by atoms with Crippen LogP contribution in [0.5, 0.6) is 0 Å². The molecular formula is C24H34N2O2. The van der Waals surface area contributed by atoms with Gasteiger partial charge in [0.1, 0.15) is 0 Å². The van der Waals surface area contributed by atoms with Crippen molar-refractivity contribution in [1.29, 1.82) is 0 Å². The Morgan fingerprint density at radius 1 is 1.00 bits per heavy atom. The molecule has 2 aliphatic carbocycles.